The highest BCUT2D eigenvalue weighted by Crippen LogP contribution is 2.26. The van der Waals surface area contributed by atoms with Crippen LogP contribution in [0.5, 0.6) is 5.75 Å². The molecule has 1 N–H and O–H groups in total. The number of aryl methyl sites for hydroxylation is 1. The molecular formula is C22H23NO. The Kier molecular flexibility index (Phi) is 5.29. The molecule has 0 spiro atoms. The van der Waals surface area contributed by atoms with E-state index in [9.17, 15) is 0 Å². The molecule has 0 aliphatic heterocycles. The van der Waals surface area contributed by atoms with Gasteiger partial charge >= 0.3 is 0 Å². The average Bonchev–Trinajstić information content (AvgIpc) is 2.62. The topological polar surface area (TPSA) is 21.3 Å². The van der Waals surface area contributed by atoms with E-state index in [4.69, 9.17) is 4.74 Å². The summed E-state index contributed by atoms with van der Waals surface area (Å²) in [6.07, 6.45) is 0. The lowest BCUT2D eigenvalue weighted by molar-refractivity contribution is 0.305. The lowest BCUT2D eigenvalue weighted by Gasteiger charge is -2.19. The van der Waals surface area contributed by atoms with E-state index in [0.717, 1.165) is 5.75 Å². The van der Waals surface area contributed by atoms with E-state index in [1.807, 2.05) is 31.3 Å². The van der Waals surface area contributed by atoms with Gasteiger partial charge in [-0.3, -0.25) is 0 Å². The molecule has 0 aliphatic carbocycles. The summed E-state index contributed by atoms with van der Waals surface area (Å²) in [6, 6.07) is 27.3. The average molecular weight is 317 g/mol. The molecule has 3 rings (SSSR count). The third-order valence-corrected chi connectivity index (χ3v) is 4.10. The van der Waals surface area contributed by atoms with Gasteiger partial charge in [-0.25, -0.2) is 0 Å². The predicted molar refractivity (Wildman–Crippen MR) is 99.3 cm³/mol. The van der Waals surface area contributed by atoms with Crippen LogP contribution in [0.15, 0.2) is 78.9 Å². The monoisotopic (exact) mass is 317 g/mol. The van der Waals surface area contributed by atoms with Gasteiger partial charge in [-0.1, -0.05) is 72.3 Å². The Morgan fingerprint density at radius 2 is 1.54 bits per heavy atom. The van der Waals surface area contributed by atoms with Crippen molar-refractivity contribution in [3.63, 3.8) is 0 Å². The quantitative estimate of drug-likeness (QED) is 0.699. The number of rotatable bonds is 6. The number of benzene rings is 3. The molecule has 0 radical (unpaired) electrons. The molecule has 0 aromatic heterocycles. The van der Waals surface area contributed by atoms with E-state index in [-0.39, 0.29) is 6.04 Å². The summed E-state index contributed by atoms with van der Waals surface area (Å²) in [7, 11) is 1.99. The molecule has 24 heavy (non-hydrogen) atoms. The summed E-state index contributed by atoms with van der Waals surface area (Å²) in [5.41, 5.74) is 4.90. The molecule has 2 heteroatoms. The highest BCUT2D eigenvalue weighted by atomic mass is 16.5. The first-order chi connectivity index (χ1) is 11.8. The molecule has 0 bridgehead atoms. The smallest absolute Gasteiger partial charge is 0.120 e. The molecule has 0 amide bonds. The van der Waals surface area contributed by atoms with Crippen LogP contribution in [-0.4, -0.2) is 7.05 Å². The SMILES string of the molecule is CNC(c1cccc(C)c1)c1cccc(OCc2ccccc2)c1. The summed E-state index contributed by atoms with van der Waals surface area (Å²) < 4.78 is 5.96. The summed E-state index contributed by atoms with van der Waals surface area (Å²) in [4.78, 5) is 0. The second kappa shape index (κ2) is 7.80. The van der Waals surface area contributed by atoms with Crippen LogP contribution >= 0.6 is 0 Å². The van der Waals surface area contributed by atoms with Crippen LogP contribution in [0.3, 0.4) is 0 Å². The molecule has 0 fully saturated rings. The van der Waals surface area contributed by atoms with Crippen LogP contribution in [-0.2, 0) is 6.61 Å². The molecule has 1 unspecified atom stereocenters. The molecule has 0 saturated heterocycles. The second-order valence-electron chi connectivity index (χ2n) is 5.98. The Labute approximate surface area is 144 Å². The fourth-order valence-electron chi connectivity index (χ4n) is 2.90. The van der Waals surface area contributed by atoms with E-state index in [1.165, 1.54) is 22.3 Å². The van der Waals surface area contributed by atoms with Crippen LogP contribution in [0.25, 0.3) is 0 Å². The lowest BCUT2D eigenvalue weighted by Crippen LogP contribution is -2.17. The molecular weight excluding hydrogens is 294 g/mol. The van der Waals surface area contributed by atoms with E-state index in [1.54, 1.807) is 0 Å². The zero-order valence-electron chi connectivity index (χ0n) is 14.2. The Morgan fingerprint density at radius 1 is 0.833 bits per heavy atom. The molecule has 122 valence electrons. The van der Waals surface area contributed by atoms with E-state index >= 15 is 0 Å². The predicted octanol–water partition coefficient (Wildman–Crippen LogP) is 4.88. The van der Waals surface area contributed by atoms with E-state index in [0.29, 0.717) is 6.61 Å². The summed E-state index contributed by atoms with van der Waals surface area (Å²) >= 11 is 0. The van der Waals surface area contributed by atoms with Gasteiger partial charge in [0, 0.05) is 0 Å². The number of ether oxygens (including phenoxy) is 1. The van der Waals surface area contributed by atoms with Gasteiger partial charge in [-0.2, -0.15) is 0 Å². The fraction of sp³-hybridized carbons (Fsp3) is 0.182. The van der Waals surface area contributed by atoms with E-state index in [2.05, 4.69) is 66.8 Å². The zero-order valence-corrected chi connectivity index (χ0v) is 14.2. The minimum atomic E-state index is 0.158. The molecule has 1 atom stereocenters. The highest BCUT2D eigenvalue weighted by molar-refractivity contribution is 5.38. The molecule has 0 saturated carbocycles. The minimum Gasteiger partial charge on any atom is -0.489 e. The maximum Gasteiger partial charge on any atom is 0.120 e. The van der Waals surface area contributed by atoms with Gasteiger partial charge in [0.1, 0.15) is 12.4 Å². The van der Waals surface area contributed by atoms with Gasteiger partial charge < -0.3 is 10.1 Å². The normalized spacial score (nSPS) is 11.9. The lowest BCUT2D eigenvalue weighted by atomic mass is 9.97. The Hall–Kier alpha value is -2.58. The second-order valence-corrected chi connectivity index (χ2v) is 5.98. The first kappa shape index (κ1) is 16.3. The van der Waals surface area contributed by atoms with Crippen LogP contribution in [0.2, 0.25) is 0 Å². The van der Waals surface area contributed by atoms with Crippen LogP contribution in [0.4, 0.5) is 0 Å². The van der Waals surface area contributed by atoms with Crippen molar-refractivity contribution in [1.29, 1.82) is 0 Å². The summed E-state index contributed by atoms with van der Waals surface area (Å²) in [5, 5.41) is 3.41. The zero-order chi connectivity index (χ0) is 16.8. The first-order valence-electron chi connectivity index (χ1n) is 8.27. The summed E-state index contributed by atoms with van der Waals surface area (Å²) in [6.45, 7) is 2.70. The Bertz CT molecular complexity index is 783. The molecule has 0 aliphatic rings. The maximum atomic E-state index is 5.96. The number of hydrogen-bond donors (Lipinski definition) is 1. The van der Waals surface area contributed by atoms with Crippen molar-refractivity contribution in [3.8, 4) is 5.75 Å². The van der Waals surface area contributed by atoms with Gasteiger partial charge in [0.25, 0.3) is 0 Å². The van der Waals surface area contributed by atoms with Crippen LogP contribution < -0.4 is 10.1 Å². The van der Waals surface area contributed by atoms with Crippen molar-refractivity contribution in [2.24, 2.45) is 0 Å². The third-order valence-electron chi connectivity index (χ3n) is 4.10. The van der Waals surface area contributed by atoms with Crippen molar-refractivity contribution in [3.05, 3.63) is 101 Å². The van der Waals surface area contributed by atoms with E-state index < -0.39 is 0 Å². The van der Waals surface area contributed by atoms with Crippen molar-refractivity contribution < 1.29 is 4.74 Å². The van der Waals surface area contributed by atoms with Gasteiger partial charge in [0.15, 0.2) is 0 Å². The van der Waals surface area contributed by atoms with Crippen molar-refractivity contribution in [2.45, 2.75) is 19.6 Å². The minimum absolute atomic E-state index is 0.158. The van der Waals surface area contributed by atoms with Crippen molar-refractivity contribution in [1.82, 2.24) is 5.32 Å². The van der Waals surface area contributed by atoms with Gasteiger partial charge in [0.2, 0.25) is 0 Å². The third kappa shape index (κ3) is 4.03. The van der Waals surface area contributed by atoms with Gasteiger partial charge in [0.05, 0.1) is 6.04 Å². The van der Waals surface area contributed by atoms with Gasteiger partial charge in [-0.15, -0.1) is 0 Å². The first-order valence-corrected chi connectivity index (χ1v) is 8.27. The van der Waals surface area contributed by atoms with Crippen LogP contribution in [0.1, 0.15) is 28.3 Å². The molecule has 3 aromatic rings. The standard InChI is InChI=1S/C22H23NO/c1-17-8-6-11-19(14-17)22(23-2)20-12-7-13-21(15-20)24-16-18-9-4-3-5-10-18/h3-15,22-23H,16H2,1-2H3. The molecule has 2 nitrogen and oxygen atoms in total. The maximum absolute atomic E-state index is 5.96. The highest BCUT2D eigenvalue weighted by Gasteiger charge is 2.12. The molecule has 3 aromatic carbocycles. The Morgan fingerprint density at radius 3 is 2.25 bits per heavy atom. The number of nitrogens with one attached hydrogen (secondary N) is 1. The largest absolute Gasteiger partial charge is 0.489 e. The van der Waals surface area contributed by atoms with Crippen molar-refractivity contribution in [2.75, 3.05) is 7.05 Å². The van der Waals surface area contributed by atoms with Crippen molar-refractivity contribution >= 4 is 0 Å². The molecule has 0 heterocycles. The van der Waals surface area contributed by atoms with Gasteiger partial charge in [-0.05, 0) is 42.8 Å². The van der Waals surface area contributed by atoms with Crippen LogP contribution in [0, 0.1) is 6.92 Å². The fourth-order valence-corrected chi connectivity index (χ4v) is 2.90. The number of hydrogen-bond acceptors (Lipinski definition) is 2. The Balaban J connectivity index is 1.78. The summed E-state index contributed by atoms with van der Waals surface area (Å²) in [5.74, 6) is 0.893.